The van der Waals surface area contributed by atoms with E-state index in [-0.39, 0.29) is 31.9 Å². The summed E-state index contributed by atoms with van der Waals surface area (Å²) in [6, 6.07) is 25.7. The molecule has 9 heteroatoms. The summed E-state index contributed by atoms with van der Waals surface area (Å²) in [7, 11) is 0. The highest BCUT2D eigenvalue weighted by molar-refractivity contribution is 6.38. The van der Waals surface area contributed by atoms with Gasteiger partial charge in [0.1, 0.15) is 18.7 Å². The van der Waals surface area contributed by atoms with Crippen LogP contribution in [0.3, 0.4) is 0 Å². The molecule has 3 amide bonds. The van der Waals surface area contributed by atoms with E-state index in [4.69, 9.17) is 9.47 Å². The molecule has 0 aliphatic carbocycles. The molecule has 43 heavy (non-hydrogen) atoms. The molecular weight excluding hydrogens is 546 g/mol. The van der Waals surface area contributed by atoms with Crippen molar-refractivity contribution in [1.29, 1.82) is 0 Å². The van der Waals surface area contributed by atoms with E-state index in [2.05, 4.69) is 10.6 Å². The first kappa shape index (κ1) is 31.4. The van der Waals surface area contributed by atoms with E-state index in [0.29, 0.717) is 6.61 Å². The molecule has 0 saturated carbocycles. The van der Waals surface area contributed by atoms with E-state index >= 15 is 0 Å². The van der Waals surface area contributed by atoms with Crippen LogP contribution in [0.25, 0.3) is 0 Å². The lowest BCUT2D eigenvalue weighted by Gasteiger charge is -2.28. The van der Waals surface area contributed by atoms with Gasteiger partial charge in [0.05, 0.1) is 12.7 Å². The molecule has 1 saturated heterocycles. The zero-order valence-corrected chi connectivity index (χ0v) is 24.8. The molecule has 9 nitrogen and oxygen atoms in total. The molecule has 1 aliphatic rings. The summed E-state index contributed by atoms with van der Waals surface area (Å²) in [5.74, 6) is -2.06. The molecule has 4 rings (SSSR count). The monoisotopic (exact) mass is 585 g/mol. The van der Waals surface area contributed by atoms with E-state index in [0.717, 1.165) is 16.7 Å². The topological polar surface area (TPSA) is 114 Å². The molecule has 1 aliphatic heterocycles. The SMILES string of the molecule is CC(C)(C)NC(=O)[C@@H]1CC(OCc2ccccc2)CN1C(=O)C(=O)C(Cc1ccccc1)NC(=O)OCc1ccccc1. The second-order valence-electron chi connectivity index (χ2n) is 11.7. The highest BCUT2D eigenvalue weighted by Gasteiger charge is 2.44. The first-order valence-corrected chi connectivity index (χ1v) is 14.4. The van der Waals surface area contributed by atoms with Crippen molar-refractivity contribution >= 4 is 23.7 Å². The number of carbonyl (C=O) groups excluding carboxylic acids is 4. The van der Waals surface area contributed by atoms with E-state index in [1.54, 1.807) is 0 Å². The van der Waals surface area contributed by atoms with Crippen LogP contribution in [0.5, 0.6) is 0 Å². The molecular formula is C34H39N3O6. The van der Waals surface area contributed by atoms with Gasteiger partial charge in [0.25, 0.3) is 5.91 Å². The van der Waals surface area contributed by atoms with Crippen LogP contribution in [-0.2, 0) is 43.5 Å². The Labute approximate surface area is 252 Å². The molecule has 1 fully saturated rings. The Bertz CT molecular complexity index is 1380. The fraction of sp³-hybridized carbons (Fsp3) is 0.353. The third-order valence-corrected chi connectivity index (χ3v) is 6.97. The normalized spacial score (nSPS) is 17.1. The molecule has 3 aromatic carbocycles. The zero-order chi connectivity index (χ0) is 30.8. The standard InChI is InChI=1S/C34H39N3O6/c1-34(2,3)36-31(39)29-20-27(42-22-25-15-9-5-10-16-25)21-37(29)32(40)30(38)28(19-24-13-7-4-8-14-24)35-33(41)43-23-26-17-11-6-12-18-26/h4-18,27-29H,19-23H2,1-3H3,(H,35,41)(H,36,39)/t27?,28?,29-/m0/s1. The maximum Gasteiger partial charge on any atom is 0.408 e. The number of likely N-dealkylation sites (tertiary alicyclic amines) is 1. The first-order valence-electron chi connectivity index (χ1n) is 14.4. The minimum absolute atomic E-state index is 0.00841. The lowest BCUT2D eigenvalue weighted by molar-refractivity contribution is -0.148. The highest BCUT2D eigenvalue weighted by atomic mass is 16.5. The van der Waals surface area contributed by atoms with Gasteiger partial charge in [0.2, 0.25) is 11.7 Å². The number of hydrogen-bond donors (Lipinski definition) is 2. The number of alkyl carbamates (subject to hydrolysis) is 1. The molecule has 0 radical (unpaired) electrons. The fourth-order valence-electron chi connectivity index (χ4n) is 4.89. The maximum absolute atomic E-state index is 13.8. The molecule has 0 aromatic heterocycles. The van der Waals surface area contributed by atoms with Crippen LogP contribution in [0.1, 0.15) is 43.9 Å². The van der Waals surface area contributed by atoms with Gasteiger partial charge in [0, 0.05) is 24.9 Å². The minimum Gasteiger partial charge on any atom is -0.445 e. The maximum atomic E-state index is 13.8. The summed E-state index contributed by atoms with van der Waals surface area (Å²) in [5, 5.41) is 5.51. The van der Waals surface area contributed by atoms with Crippen molar-refractivity contribution in [3.8, 4) is 0 Å². The number of nitrogens with one attached hydrogen (secondary N) is 2. The largest absolute Gasteiger partial charge is 0.445 e. The van der Waals surface area contributed by atoms with Crippen molar-refractivity contribution in [2.45, 2.75) is 70.6 Å². The predicted molar refractivity (Wildman–Crippen MR) is 162 cm³/mol. The quantitative estimate of drug-likeness (QED) is 0.326. The number of amides is 3. The Balaban J connectivity index is 1.50. The highest BCUT2D eigenvalue weighted by Crippen LogP contribution is 2.24. The van der Waals surface area contributed by atoms with E-state index in [1.807, 2.05) is 112 Å². The summed E-state index contributed by atoms with van der Waals surface area (Å²) in [5.41, 5.74) is 1.95. The van der Waals surface area contributed by atoms with Crippen LogP contribution in [0.15, 0.2) is 91.0 Å². The van der Waals surface area contributed by atoms with E-state index in [1.165, 1.54) is 4.90 Å². The van der Waals surface area contributed by atoms with E-state index < -0.39 is 41.5 Å². The van der Waals surface area contributed by atoms with E-state index in [9.17, 15) is 19.2 Å². The third-order valence-electron chi connectivity index (χ3n) is 6.97. The van der Waals surface area contributed by atoms with Crippen LogP contribution < -0.4 is 10.6 Å². The van der Waals surface area contributed by atoms with Crippen LogP contribution in [0, 0.1) is 0 Å². The van der Waals surface area contributed by atoms with Crippen LogP contribution in [-0.4, -0.2) is 58.9 Å². The summed E-state index contributed by atoms with van der Waals surface area (Å²) in [6.07, 6.45) is -0.960. The Hall–Kier alpha value is -4.50. The second kappa shape index (κ2) is 14.6. The van der Waals surface area contributed by atoms with Gasteiger partial charge in [-0.1, -0.05) is 91.0 Å². The van der Waals surface area contributed by atoms with Gasteiger partial charge >= 0.3 is 6.09 Å². The Morgan fingerprint density at radius 1 is 0.814 bits per heavy atom. The van der Waals surface area contributed by atoms with Gasteiger partial charge in [-0.15, -0.1) is 0 Å². The summed E-state index contributed by atoms with van der Waals surface area (Å²) >= 11 is 0. The number of rotatable bonds is 11. The average molecular weight is 586 g/mol. The number of benzene rings is 3. The van der Waals surface area contributed by atoms with Crippen molar-refractivity contribution in [1.82, 2.24) is 15.5 Å². The van der Waals surface area contributed by atoms with Crippen LogP contribution in [0.4, 0.5) is 4.79 Å². The summed E-state index contributed by atoms with van der Waals surface area (Å²) < 4.78 is 11.4. The third kappa shape index (κ3) is 9.51. The number of Topliss-reactive ketones (excluding diaryl/α,β-unsaturated/α-hetero) is 1. The minimum atomic E-state index is -1.20. The number of carbonyl (C=O) groups is 4. The van der Waals surface area contributed by atoms with Crippen LogP contribution in [0.2, 0.25) is 0 Å². The first-order chi connectivity index (χ1) is 20.6. The smallest absolute Gasteiger partial charge is 0.408 e. The van der Waals surface area contributed by atoms with Crippen molar-refractivity contribution < 1.29 is 28.7 Å². The summed E-state index contributed by atoms with van der Waals surface area (Å²) in [4.78, 5) is 54.9. The lowest BCUT2D eigenvalue weighted by atomic mass is 10.0. The Morgan fingerprint density at radius 2 is 1.35 bits per heavy atom. The molecule has 3 atom stereocenters. The lowest BCUT2D eigenvalue weighted by Crippen LogP contribution is -2.55. The molecule has 0 bridgehead atoms. The average Bonchev–Trinajstić information content (AvgIpc) is 3.43. The van der Waals surface area contributed by atoms with Gasteiger partial charge in [-0.2, -0.15) is 0 Å². The molecule has 1 heterocycles. The number of ketones is 1. The van der Waals surface area contributed by atoms with Gasteiger partial charge < -0.3 is 25.0 Å². The second-order valence-corrected chi connectivity index (χ2v) is 11.7. The number of hydrogen-bond acceptors (Lipinski definition) is 6. The number of ether oxygens (including phenoxy) is 2. The summed E-state index contributed by atoms with van der Waals surface area (Å²) in [6.45, 7) is 5.93. The predicted octanol–water partition coefficient (Wildman–Crippen LogP) is 4.19. The Kier molecular flexibility index (Phi) is 10.7. The van der Waals surface area contributed by atoms with Crippen molar-refractivity contribution in [2.75, 3.05) is 6.54 Å². The molecule has 2 unspecified atom stereocenters. The molecule has 3 aromatic rings. The van der Waals surface area contributed by atoms with Gasteiger partial charge in [0.15, 0.2) is 0 Å². The van der Waals surface area contributed by atoms with Crippen molar-refractivity contribution in [3.05, 3.63) is 108 Å². The Morgan fingerprint density at radius 3 is 1.91 bits per heavy atom. The van der Waals surface area contributed by atoms with Gasteiger partial charge in [-0.3, -0.25) is 14.4 Å². The molecule has 0 spiro atoms. The van der Waals surface area contributed by atoms with Crippen LogP contribution >= 0.6 is 0 Å². The molecule has 2 N–H and O–H groups in total. The molecule has 226 valence electrons. The van der Waals surface area contributed by atoms with Crippen molar-refractivity contribution in [2.24, 2.45) is 0 Å². The van der Waals surface area contributed by atoms with Gasteiger partial charge in [-0.25, -0.2) is 4.79 Å². The fourth-order valence-corrected chi connectivity index (χ4v) is 4.89. The van der Waals surface area contributed by atoms with Crippen molar-refractivity contribution in [3.63, 3.8) is 0 Å². The van der Waals surface area contributed by atoms with Gasteiger partial charge in [-0.05, 0) is 37.5 Å². The number of nitrogens with zero attached hydrogens (tertiary/aromatic N) is 1. The zero-order valence-electron chi connectivity index (χ0n) is 24.8.